The summed E-state index contributed by atoms with van der Waals surface area (Å²) < 4.78 is 0. The Labute approximate surface area is 81.6 Å². The van der Waals surface area contributed by atoms with Gasteiger partial charge < -0.3 is 0 Å². The van der Waals surface area contributed by atoms with Gasteiger partial charge >= 0.3 is 0 Å². The second-order valence-electron chi connectivity index (χ2n) is 2.75. The first-order valence-electron chi connectivity index (χ1n) is 4.50. The van der Waals surface area contributed by atoms with Gasteiger partial charge in [0.2, 0.25) is 0 Å². The Balaban J connectivity index is 0.000000671. The predicted octanol–water partition coefficient (Wildman–Crippen LogP) is 4.00. The maximum Gasteiger partial charge on any atom is -0.0230 e. The van der Waals surface area contributed by atoms with E-state index in [0.717, 1.165) is 6.42 Å². The zero-order valence-corrected chi connectivity index (χ0v) is 8.64. The van der Waals surface area contributed by atoms with Gasteiger partial charge in [0.25, 0.3) is 0 Å². The van der Waals surface area contributed by atoms with Crippen LogP contribution in [0.1, 0.15) is 23.6 Å². The van der Waals surface area contributed by atoms with E-state index >= 15 is 0 Å². The first kappa shape index (κ1) is 11.7. The summed E-state index contributed by atoms with van der Waals surface area (Å²) in [5, 5.41) is 0. The molecule has 13 heavy (non-hydrogen) atoms. The molecule has 0 saturated heterocycles. The number of hydrogen-bond donors (Lipinski definition) is 0. The minimum absolute atomic E-state index is 1.10. The first-order chi connectivity index (χ1) is 6.27. The molecule has 0 aliphatic carbocycles. The lowest BCUT2D eigenvalue weighted by Crippen LogP contribution is -1.84. The molecule has 0 aliphatic rings. The van der Waals surface area contributed by atoms with Crippen molar-refractivity contribution in [3.05, 3.63) is 54.6 Å². The molecule has 0 saturated carbocycles. The van der Waals surface area contributed by atoms with Crippen molar-refractivity contribution in [2.45, 2.75) is 20.3 Å². The Morgan fingerprint density at radius 3 is 2.38 bits per heavy atom. The molecule has 0 spiro atoms. The second-order valence-corrected chi connectivity index (χ2v) is 2.75. The Morgan fingerprint density at radius 1 is 1.31 bits per heavy atom. The van der Waals surface area contributed by atoms with Crippen molar-refractivity contribution < 1.29 is 0 Å². The highest BCUT2D eigenvalue weighted by atomic mass is 14.0. The van der Waals surface area contributed by atoms with Crippen LogP contribution in [0.15, 0.2) is 37.9 Å². The van der Waals surface area contributed by atoms with Crippen molar-refractivity contribution in [2.24, 2.45) is 0 Å². The third-order valence-corrected chi connectivity index (χ3v) is 1.97. The van der Waals surface area contributed by atoms with Crippen molar-refractivity contribution in [3.63, 3.8) is 0 Å². The molecule has 0 atom stereocenters. The molecule has 70 valence electrons. The molecule has 1 rings (SSSR count). The van der Waals surface area contributed by atoms with Crippen molar-refractivity contribution in [1.82, 2.24) is 0 Å². The Morgan fingerprint density at radius 2 is 1.92 bits per heavy atom. The molecule has 0 aliphatic heterocycles. The van der Waals surface area contributed by atoms with Crippen LogP contribution in [0.4, 0.5) is 0 Å². The van der Waals surface area contributed by atoms with Gasteiger partial charge in [0.1, 0.15) is 0 Å². The predicted molar refractivity (Wildman–Crippen MR) is 61.9 cm³/mol. The van der Waals surface area contributed by atoms with Gasteiger partial charge in [0.15, 0.2) is 0 Å². The van der Waals surface area contributed by atoms with Crippen molar-refractivity contribution in [3.8, 4) is 0 Å². The molecular formula is C13H18. The topological polar surface area (TPSA) is 0 Å². The van der Waals surface area contributed by atoms with Gasteiger partial charge in [-0.05, 0) is 30.0 Å². The van der Waals surface area contributed by atoms with E-state index in [1.54, 1.807) is 0 Å². The molecular weight excluding hydrogens is 156 g/mol. The van der Waals surface area contributed by atoms with Crippen LogP contribution in [0, 0.1) is 6.92 Å². The number of aryl methyl sites for hydroxylation is 2. The highest BCUT2D eigenvalue weighted by molar-refractivity contribution is 5.52. The summed E-state index contributed by atoms with van der Waals surface area (Å²) in [5.41, 5.74) is 3.94. The van der Waals surface area contributed by atoms with E-state index in [9.17, 15) is 0 Å². The summed E-state index contributed by atoms with van der Waals surface area (Å²) in [7, 11) is 0. The van der Waals surface area contributed by atoms with Crippen LogP contribution < -0.4 is 0 Å². The van der Waals surface area contributed by atoms with Crippen LogP contribution in [0.3, 0.4) is 0 Å². The van der Waals surface area contributed by atoms with Gasteiger partial charge in [-0.15, -0.1) is 13.2 Å². The maximum absolute atomic E-state index is 3.77. The molecule has 0 radical (unpaired) electrons. The fraction of sp³-hybridized carbons (Fsp3) is 0.231. The molecule has 1 aromatic rings. The summed E-state index contributed by atoms with van der Waals surface area (Å²) in [4.78, 5) is 0. The fourth-order valence-corrected chi connectivity index (χ4v) is 1.13. The minimum Gasteiger partial charge on any atom is -0.106 e. The molecule has 1 aromatic carbocycles. The number of hydrogen-bond acceptors (Lipinski definition) is 0. The normalized spacial score (nSPS) is 8.46. The van der Waals surface area contributed by atoms with E-state index in [4.69, 9.17) is 0 Å². The summed E-state index contributed by atoms with van der Waals surface area (Å²) in [5.74, 6) is 0. The second kappa shape index (κ2) is 6.24. The summed E-state index contributed by atoms with van der Waals surface area (Å²) >= 11 is 0. The SMILES string of the molecule is C=C.C=Cc1cc(CC)ccc1C. The lowest BCUT2D eigenvalue weighted by Gasteiger charge is -2.02. The third kappa shape index (κ3) is 3.29. The average molecular weight is 174 g/mol. The van der Waals surface area contributed by atoms with Gasteiger partial charge in [0.05, 0.1) is 0 Å². The third-order valence-electron chi connectivity index (χ3n) is 1.97. The van der Waals surface area contributed by atoms with Crippen LogP contribution in [-0.2, 0) is 6.42 Å². The van der Waals surface area contributed by atoms with E-state index in [1.165, 1.54) is 16.7 Å². The molecule has 0 N–H and O–H groups in total. The Hall–Kier alpha value is -1.30. The van der Waals surface area contributed by atoms with Gasteiger partial charge in [-0.1, -0.05) is 37.8 Å². The van der Waals surface area contributed by atoms with E-state index in [-0.39, 0.29) is 0 Å². The summed E-state index contributed by atoms with van der Waals surface area (Å²) in [6, 6.07) is 6.51. The largest absolute Gasteiger partial charge is 0.106 e. The molecule has 0 unspecified atom stereocenters. The molecule has 0 bridgehead atoms. The zero-order chi connectivity index (χ0) is 10.3. The smallest absolute Gasteiger partial charge is 0.0230 e. The van der Waals surface area contributed by atoms with Crippen molar-refractivity contribution >= 4 is 6.08 Å². The van der Waals surface area contributed by atoms with Gasteiger partial charge in [0, 0.05) is 0 Å². The van der Waals surface area contributed by atoms with Gasteiger partial charge in [-0.2, -0.15) is 0 Å². The fourth-order valence-electron chi connectivity index (χ4n) is 1.13. The zero-order valence-electron chi connectivity index (χ0n) is 8.64. The maximum atomic E-state index is 3.77. The summed E-state index contributed by atoms with van der Waals surface area (Å²) in [6.07, 6.45) is 3.01. The highest BCUT2D eigenvalue weighted by Gasteiger charge is 1.93. The quantitative estimate of drug-likeness (QED) is 0.594. The Kier molecular flexibility index (Phi) is 5.62. The molecule has 0 fully saturated rings. The minimum atomic E-state index is 1.10. The van der Waals surface area contributed by atoms with Crippen LogP contribution in [0.5, 0.6) is 0 Å². The highest BCUT2D eigenvalue weighted by Crippen LogP contribution is 2.12. The van der Waals surface area contributed by atoms with Crippen LogP contribution in [0.2, 0.25) is 0 Å². The van der Waals surface area contributed by atoms with Gasteiger partial charge in [-0.3, -0.25) is 0 Å². The molecule has 0 nitrogen and oxygen atoms in total. The summed E-state index contributed by atoms with van der Waals surface area (Å²) in [6.45, 7) is 14.0. The molecule has 0 amide bonds. The average Bonchev–Trinajstić information content (AvgIpc) is 2.22. The number of rotatable bonds is 2. The van der Waals surface area contributed by atoms with Crippen molar-refractivity contribution in [2.75, 3.05) is 0 Å². The van der Waals surface area contributed by atoms with E-state index < -0.39 is 0 Å². The molecule has 0 heteroatoms. The molecule has 0 aromatic heterocycles. The monoisotopic (exact) mass is 174 g/mol. The first-order valence-corrected chi connectivity index (χ1v) is 4.50. The van der Waals surface area contributed by atoms with E-state index in [1.807, 2.05) is 6.08 Å². The molecule has 0 heterocycles. The van der Waals surface area contributed by atoms with Crippen LogP contribution in [0.25, 0.3) is 6.08 Å². The lowest BCUT2D eigenvalue weighted by atomic mass is 10.0. The van der Waals surface area contributed by atoms with Crippen molar-refractivity contribution in [1.29, 1.82) is 0 Å². The van der Waals surface area contributed by atoms with Gasteiger partial charge in [-0.25, -0.2) is 0 Å². The van der Waals surface area contributed by atoms with E-state index in [0.29, 0.717) is 0 Å². The Bertz CT molecular complexity index is 271. The van der Waals surface area contributed by atoms with E-state index in [2.05, 4.69) is 51.8 Å². The standard InChI is InChI=1S/C11H14.C2H4/c1-4-10-7-6-9(3)11(5-2)8-10;1-2/h5-8H,2,4H2,1,3H3;1-2H2. The van der Waals surface area contributed by atoms with Crippen LogP contribution in [-0.4, -0.2) is 0 Å². The van der Waals surface area contributed by atoms with Crippen LogP contribution >= 0.6 is 0 Å². The lowest BCUT2D eigenvalue weighted by molar-refractivity contribution is 1.13. The number of benzene rings is 1.